The van der Waals surface area contributed by atoms with Gasteiger partial charge >= 0.3 is 0 Å². The molecule has 2 heterocycles. The fraction of sp³-hybridized carbons (Fsp3) is 0.500. The minimum Gasteiger partial charge on any atom is -0.488 e. The largest absolute Gasteiger partial charge is 0.488 e. The third-order valence-corrected chi connectivity index (χ3v) is 8.89. The van der Waals surface area contributed by atoms with Crippen LogP contribution in [0.4, 0.5) is 17.5 Å². The van der Waals surface area contributed by atoms with Gasteiger partial charge < -0.3 is 25.8 Å². The molecule has 0 atom stereocenters. The fourth-order valence-corrected chi connectivity index (χ4v) is 5.23. The summed E-state index contributed by atoms with van der Waals surface area (Å²) in [6.07, 6.45) is 6.98. The van der Waals surface area contributed by atoms with Crippen molar-refractivity contribution in [2.24, 2.45) is 10.7 Å². The number of nitrogens with one attached hydrogen (secondary N) is 2. The number of anilines is 3. The summed E-state index contributed by atoms with van der Waals surface area (Å²) in [6.45, 7) is 6.73. The van der Waals surface area contributed by atoms with Gasteiger partial charge in [0, 0.05) is 26.5 Å². The zero-order chi connectivity index (χ0) is 27.4. The lowest BCUT2D eigenvalue weighted by atomic mass is 9.88. The van der Waals surface area contributed by atoms with Crippen molar-refractivity contribution in [3.8, 4) is 5.75 Å². The number of aryl methyl sites for hydroxylation is 1. The number of rotatable bonds is 10. The standard InChI is InChI=1S/C26H35ClN6O4S/c1-15(2)38(34,35)24(28)22(14-29-4)31-25-20(27)13-30-26(33-25)32-21-11-16(3)19(17-7-9-36-10-8-17)12-23(21)37-18-5-6-18/h11-15,17-18H,5-10,28H2,1-4H3,(H2,30,31,32,33). The topological polar surface area (TPSA) is 141 Å². The molecule has 0 unspecified atom stereocenters. The van der Waals surface area contributed by atoms with Crippen LogP contribution >= 0.6 is 11.6 Å². The molecule has 10 nitrogen and oxygen atoms in total. The van der Waals surface area contributed by atoms with Gasteiger partial charge in [-0.15, -0.1) is 0 Å². The number of nitrogens with two attached hydrogens (primary N) is 1. The van der Waals surface area contributed by atoms with Crippen molar-refractivity contribution in [2.75, 3.05) is 30.9 Å². The van der Waals surface area contributed by atoms with E-state index in [2.05, 4.69) is 44.7 Å². The summed E-state index contributed by atoms with van der Waals surface area (Å²) in [5, 5.41) is 5.31. The molecule has 4 N–H and O–H groups in total. The van der Waals surface area contributed by atoms with Gasteiger partial charge in [-0.25, -0.2) is 13.4 Å². The van der Waals surface area contributed by atoms with Crippen LogP contribution in [0.3, 0.4) is 0 Å². The number of aliphatic imine (C=N–C) groups is 1. The quantitative estimate of drug-likeness (QED) is 0.352. The van der Waals surface area contributed by atoms with Gasteiger partial charge in [0.15, 0.2) is 20.7 Å². The van der Waals surface area contributed by atoms with Crippen LogP contribution in [0.1, 0.15) is 56.6 Å². The number of halogens is 1. The van der Waals surface area contributed by atoms with Gasteiger partial charge in [-0.3, -0.25) is 4.99 Å². The summed E-state index contributed by atoms with van der Waals surface area (Å²) < 4.78 is 37.1. The second-order valence-electron chi connectivity index (χ2n) is 9.81. The summed E-state index contributed by atoms with van der Waals surface area (Å²) >= 11 is 6.36. The highest BCUT2D eigenvalue weighted by Crippen LogP contribution is 2.39. The maximum atomic E-state index is 12.7. The molecule has 12 heteroatoms. The molecule has 38 heavy (non-hydrogen) atoms. The second-order valence-corrected chi connectivity index (χ2v) is 12.7. The first-order valence-corrected chi connectivity index (χ1v) is 14.6. The molecule has 1 saturated heterocycles. The van der Waals surface area contributed by atoms with Crippen LogP contribution in [0, 0.1) is 6.92 Å². The molecule has 0 radical (unpaired) electrons. The number of allylic oxidation sites excluding steroid dienone is 1. The normalized spacial score (nSPS) is 17.5. The predicted molar refractivity (Wildman–Crippen MR) is 151 cm³/mol. The Hall–Kier alpha value is -2.89. The van der Waals surface area contributed by atoms with Crippen molar-refractivity contribution in [2.45, 2.75) is 63.7 Å². The Morgan fingerprint density at radius 1 is 1.26 bits per heavy atom. The first kappa shape index (κ1) is 28.1. The number of nitrogens with zero attached hydrogens (tertiary/aromatic N) is 3. The Morgan fingerprint density at radius 2 is 1.97 bits per heavy atom. The number of benzene rings is 1. The van der Waals surface area contributed by atoms with Crippen molar-refractivity contribution in [3.63, 3.8) is 0 Å². The average molecular weight is 563 g/mol. The molecule has 0 spiro atoms. The van der Waals surface area contributed by atoms with Crippen LogP contribution in [-0.2, 0) is 14.6 Å². The molecule has 1 aromatic carbocycles. The second kappa shape index (κ2) is 11.9. The highest BCUT2D eigenvalue weighted by atomic mass is 35.5. The van der Waals surface area contributed by atoms with Gasteiger partial charge in [0.1, 0.15) is 10.8 Å². The van der Waals surface area contributed by atoms with Gasteiger partial charge in [-0.1, -0.05) is 11.6 Å². The predicted octanol–water partition coefficient (Wildman–Crippen LogP) is 4.68. The number of sulfone groups is 1. The van der Waals surface area contributed by atoms with Gasteiger partial charge in [0.25, 0.3) is 0 Å². The molecule has 2 fully saturated rings. The van der Waals surface area contributed by atoms with E-state index < -0.39 is 15.1 Å². The fourth-order valence-electron chi connectivity index (χ4n) is 4.17. The van der Waals surface area contributed by atoms with E-state index in [0.717, 1.165) is 55.9 Å². The van der Waals surface area contributed by atoms with Crippen molar-refractivity contribution in [1.82, 2.24) is 9.97 Å². The Morgan fingerprint density at radius 3 is 2.61 bits per heavy atom. The van der Waals surface area contributed by atoms with E-state index >= 15 is 0 Å². The molecule has 1 saturated carbocycles. The van der Waals surface area contributed by atoms with E-state index in [1.54, 1.807) is 13.8 Å². The highest BCUT2D eigenvalue weighted by Gasteiger charge is 2.27. The number of aromatic nitrogens is 2. The maximum absolute atomic E-state index is 12.7. The third-order valence-electron chi connectivity index (χ3n) is 6.54. The minimum absolute atomic E-state index is 0.0714. The SMILES string of the molecule is CN=CC(Nc1nc(Nc2cc(C)c(C3CCOCC3)cc2OC2CC2)ncc1Cl)=C(N)S(=O)(=O)C(C)C. The monoisotopic (exact) mass is 562 g/mol. The van der Waals surface area contributed by atoms with Gasteiger partial charge in [0.2, 0.25) is 5.95 Å². The summed E-state index contributed by atoms with van der Waals surface area (Å²) in [7, 11) is -2.23. The third kappa shape index (κ3) is 6.57. The van der Waals surface area contributed by atoms with Crippen LogP contribution in [0.5, 0.6) is 5.75 Å². The van der Waals surface area contributed by atoms with Crippen LogP contribution < -0.4 is 21.1 Å². The van der Waals surface area contributed by atoms with E-state index in [9.17, 15) is 8.42 Å². The van der Waals surface area contributed by atoms with Crippen molar-refractivity contribution < 1.29 is 17.9 Å². The van der Waals surface area contributed by atoms with Gasteiger partial charge in [0.05, 0.1) is 28.9 Å². The Balaban J connectivity index is 1.65. The molecule has 1 aliphatic heterocycles. The molecule has 1 aliphatic carbocycles. The molecule has 2 aliphatic rings. The van der Waals surface area contributed by atoms with E-state index in [0.29, 0.717) is 5.92 Å². The summed E-state index contributed by atoms with van der Waals surface area (Å²) in [4.78, 5) is 12.7. The van der Waals surface area contributed by atoms with Crippen molar-refractivity contribution >= 4 is 45.1 Å². The molecule has 4 rings (SSSR count). The Bertz CT molecular complexity index is 1340. The van der Waals surface area contributed by atoms with E-state index in [-0.39, 0.29) is 33.6 Å². The van der Waals surface area contributed by atoms with E-state index in [4.69, 9.17) is 26.8 Å². The minimum atomic E-state index is -3.74. The van der Waals surface area contributed by atoms with Crippen LogP contribution in [0.25, 0.3) is 0 Å². The number of hydrogen-bond donors (Lipinski definition) is 3. The van der Waals surface area contributed by atoms with Crippen molar-refractivity contribution in [1.29, 1.82) is 0 Å². The van der Waals surface area contributed by atoms with Gasteiger partial charge in [-0.2, -0.15) is 4.98 Å². The molecule has 0 bridgehead atoms. The lowest BCUT2D eigenvalue weighted by molar-refractivity contribution is 0.0851. The zero-order valence-corrected chi connectivity index (χ0v) is 23.7. The van der Waals surface area contributed by atoms with Crippen LogP contribution in [-0.4, -0.2) is 56.2 Å². The molecule has 206 valence electrons. The smallest absolute Gasteiger partial charge is 0.229 e. The lowest BCUT2D eigenvalue weighted by Gasteiger charge is -2.25. The lowest BCUT2D eigenvalue weighted by Crippen LogP contribution is -2.25. The molecular formula is C26H35ClN6O4S. The van der Waals surface area contributed by atoms with E-state index in [1.807, 2.05) is 0 Å². The molecule has 1 aromatic heterocycles. The van der Waals surface area contributed by atoms with Gasteiger partial charge in [-0.05, 0) is 75.6 Å². The molecule has 2 aromatic rings. The first-order chi connectivity index (χ1) is 18.1. The number of ether oxygens (including phenoxy) is 2. The summed E-state index contributed by atoms with van der Waals surface area (Å²) in [6, 6.07) is 4.17. The molecular weight excluding hydrogens is 528 g/mol. The van der Waals surface area contributed by atoms with E-state index in [1.165, 1.54) is 25.0 Å². The summed E-state index contributed by atoms with van der Waals surface area (Å²) in [5.41, 5.74) is 9.24. The van der Waals surface area contributed by atoms with Crippen LogP contribution in [0.15, 0.2) is 34.0 Å². The summed E-state index contributed by atoms with van der Waals surface area (Å²) in [5.74, 6) is 1.62. The Labute approximate surface area is 229 Å². The highest BCUT2D eigenvalue weighted by molar-refractivity contribution is 7.95. The average Bonchev–Trinajstić information content (AvgIpc) is 3.71. The Kier molecular flexibility index (Phi) is 8.79. The van der Waals surface area contributed by atoms with Crippen molar-refractivity contribution in [3.05, 3.63) is 45.2 Å². The maximum Gasteiger partial charge on any atom is 0.229 e. The zero-order valence-electron chi connectivity index (χ0n) is 22.1. The first-order valence-electron chi connectivity index (χ1n) is 12.7. The van der Waals surface area contributed by atoms with Crippen LogP contribution in [0.2, 0.25) is 5.02 Å². The number of hydrogen-bond acceptors (Lipinski definition) is 10. The molecule has 0 amide bonds.